The van der Waals surface area contributed by atoms with Crippen LogP contribution in [0.3, 0.4) is 0 Å². The van der Waals surface area contributed by atoms with Crippen LogP contribution in [0.15, 0.2) is 178 Å². The normalized spacial score (nSPS) is 25.1. The average molecular weight is 689 g/mol. The number of furan rings is 1. The summed E-state index contributed by atoms with van der Waals surface area (Å²) in [5.74, 6) is 1.57. The van der Waals surface area contributed by atoms with Gasteiger partial charge in [-0.05, 0) is 75.8 Å². The molecule has 4 nitrogen and oxygen atoms in total. The van der Waals surface area contributed by atoms with Gasteiger partial charge in [0.1, 0.15) is 29.2 Å². The first-order valence-corrected chi connectivity index (χ1v) is 18.9. The number of para-hydroxylation sites is 3. The summed E-state index contributed by atoms with van der Waals surface area (Å²) < 4.78 is 13.0. The van der Waals surface area contributed by atoms with E-state index in [0.29, 0.717) is 0 Å². The fourth-order valence-corrected chi connectivity index (χ4v) is 9.61. The molecular weight excluding hydrogens is 649 g/mol. The van der Waals surface area contributed by atoms with Crippen LogP contribution in [0.2, 0.25) is 0 Å². The van der Waals surface area contributed by atoms with Crippen LogP contribution >= 0.6 is 0 Å². The lowest BCUT2D eigenvalue weighted by Gasteiger charge is -2.33. The second kappa shape index (κ2) is 11.6. The third-order valence-corrected chi connectivity index (χ3v) is 12.3. The van der Waals surface area contributed by atoms with Crippen LogP contribution in [0.25, 0.3) is 27.6 Å². The zero-order valence-electron chi connectivity index (χ0n) is 29.8. The Hall–Kier alpha value is -5.84. The summed E-state index contributed by atoms with van der Waals surface area (Å²) in [6, 6.07) is 43.2. The van der Waals surface area contributed by atoms with Gasteiger partial charge in [0, 0.05) is 44.8 Å². The van der Waals surface area contributed by atoms with E-state index in [1.165, 1.54) is 44.5 Å². The number of hydrogen-bond donors (Lipinski definition) is 2. The van der Waals surface area contributed by atoms with E-state index in [4.69, 9.17) is 9.15 Å². The van der Waals surface area contributed by atoms with Crippen molar-refractivity contribution in [1.82, 2.24) is 10.6 Å². The molecule has 1 aromatic heterocycles. The number of ether oxygens (including phenoxy) is 1. The van der Waals surface area contributed by atoms with Crippen molar-refractivity contribution in [3.05, 3.63) is 202 Å². The first-order chi connectivity index (χ1) is 26.0. The summed E-state index contributed by atoms with van der Waals surface area (Å²) in [4.78, 5) is 0. The minimum Gasteiger partial charge on any atom is -0.485 e. The van der Waals surface area contributed by atoms with Crippen LogP contribution in [-0.2, 0) is 0 Å². The Balaban J connectivity index is 0.951. The Bertz CT molecular complexity index is 2630. The van der Waals surface area contributed by atoms with Crippen molar-refractivity contribution >= 4 is 27.6 Å². The van der Waals surface area contributed by atoms with E-state index in [9.17, 15) is 0 Å². The van der Waals surface area contributed by atoms with Gasteiger partial charge in [0.25, 0.3) is 0 Å². The summed E-state index contributed by atoms with van der Waals surface area (Å²) in [7, 11) is 0. The van der Waals surface area contributed by atoms with Gasteiger partial charge in [-0.1, -0.05) is 135 Å². The van der Waals surface area contributed by atoms with E-state index in [-0.39, 0.29) is 35.6 Å². The van der Waals surface area contributed by atoms with Crippen molar-refractivity contribution in [3.8, 4) is 5.75 Å². The summed E-state index contributed by atoms with van der Waals surface area (Å²) in [5, 5.41) is 10.0. The van der Waals surface area contributed by atoms with Gasteiger partial charge < -0.3 is 14.5 Å². The van der Waals surface area contributed by atoms with E-state index in [0.717, 1.165) is 45.4 Å². The molecule has 0 amide bonds. The van der Waals surface area contributed by atoms with Crippen molar-refractivity contribution in [2.45, 2.75) is 50.4 Å². The van der Waals surface area contributed by atoms with Crippen LogP contribution < -0.4 is 15.4 Å². The molecule has 5 atom stereocenters. The van der Waals surface area contributed by atoms with Gasteiger partial charge in [-0.25, -0.2) is 0 Å². The zero-order valence-corrected chi connectivity index (χ0v) is 29.8. The lowest BCUT2D eigenvalue weighted by atomic mass is 9.76. The van der Waals surface area contributed by atoms with Gasteiger partial charge in [0.05, 0.1) is 6.04 Å². The minimum absolute atomic E-state index is 0.0150. The summed E-state index contributed by atoms with van der Waals surface area (Å²) >= 11 is 0. The second-order valence-electron chi connectivity index (χ2n) is 15.7. The largest absolute Gasteiger partial charge is 0.485 e. The van der Waals surface area contributed by atoms with Crippen LogP contribution in [0.1, 0.15) is 72.1 Å². The maximum absolute atomic E-state index is 6.52. The Morgan fingerprint density at radius 1 is 0.717 bits per heavy atom. The van der Waals surface area contributed by atoms with Gasteiger partial charge in [0.2, 0.25) is 0 Å². The highest BCUT2D eigenvalue weighted by atomic mass is 16.5. The maximum Gasteiger partial charge on any atom is 0.144 e. The summed E-state index contributed by atoms with van der Waals surface area (Å²) in [6.07, 6.45) is 13.1. The molecule has 0 bridgehead atoms. The third kappa shape index (κ3) is 4.78. The minimum atomic E-state index is -0.0792. The molecule has 5 aromatic carbocycles. The number of benzene rings is 5. The van der Waals surface area contributed by atoms with Gasteiger partial charge in [-0.15, -0.1) is 0 Å². The molecule has 0 radical (unpaired) electrons. The lowest BCUT2D eigenvalue weighted by Crippen LogP contribution is -2.39. The van der Waals surface area contributed by atoms with Crippen molar-refractivity contribution in [3.63, 3.8) is 0 Å². The molecule has 4 heteroatoms. The average Bonchev–Trinajstić information content (AvgIpc) is 3.84. The van der Waals surface area contributed by atoms with Crippen molar-refractivity contribution < 1.29 is 9.15 Å². The van der Waals surface area contributed by atoms with E-state index < -0.39 is 0 Å². The predicted octanol–water partition coefficient (Wildman–Crippen LogP) is 11.4. The fourth-order valence-electron chi connectivity index (χ4n) is 9.61. The van der Waals surface area contributed by atoms with Crippen molar-refractivity contribution in [1.29, 1.82) is 0 Å². The Labute approximate surface area is 309 Å². The Morgan fingerprint density at radius 3 is 2.42 bits per heavy atom. The van der Waals surface area contributed by atoms with Crippen molar-refractivity contribution in [2.24, 2.45) is 5.41 Å². The highest BCUT2D eigenvalue weighted by Crippen LogP contribution is 2.58. The molecule has 2 N–H and O–H groups in total. The summed E-state index contributed by atoms with van der Waals surface area (Å²) in [5.41, 5.74) is 14.8. The molecular formula is C49H40N2O2. The number of nitrogens with one attached hydrogen (secondary N) is 2. The number of allylic oxidation sites excluding steroid dienone is 6. The molecule has 0 fully saturated rings. The highest BCUT2D eigenvalue weighted by molar-refractivity contribution is 6.08. The molecule has 3 heterocycles. The van der Waals surface area contributed by atoms with E-state index in [1.54, 1.807) is 0 Å². The molecule has 0 spiro atoms. The van der Waals surface area contributed by atoms with Gasteiger partial charge in [-0.3, -0.25) is 5.32 Å². The maximum atomic E-state index is 6.52. The molecule has 11 rings (SSSR count). The standard InChI is InChI=1S/C49H40N2O2/c1-49(2)40-23-22-31(25-37(40)38-26-39-34-17-7-8-20-44(34)52-46(39)27-41(38)49)30-14-10-15-32(24-30)42-28-43(51-48(50-42)29-12-4-3-5-13-29)36-19-11-18-35-33-16-6-9-21-45(33)53-47(35)36/h3-24,26-28,31,39,42,46,48,50-51H,25H2,1-2H3. The topological polar surface area (TPSA) is 46.4 Å². The third-order valence-electron chi connectivity index (χ3n) is 12.3. The highest BCUT2D eigenvalue weighted by Gasteiger charge is 2.46. The molecule has 3 aliphatic carbocycles. The van der Waals surface area contributed by atoms with E-state index >= 15 is 0 Å². The lowest BCUT2D eigenvalue weighted by molar-refractivity contribution is 0.265. The van der Waals surface area contributed by atoms with Crippen molar-refractivity contribution in [2.75, 3.05) is 0 Å². The number of hydrogen-bond acceptors (Lipinski definition) is 4. The second-order valence-corrected chi connectivity index (χ2v) is 15.7. The molecule has 5 aliphatic rings. The molecule has 2 aliphatic heterocycles. The van der Waals surface area contributed by atoms with E-state index in [2.05, 4.69) is 170 Å². The molecule has 258 valence electrons. The monoisotopic (exact) mass is 688 g/mol. The molecule has 0 saturated heterocycles. The van der Waals surface area contributed by atoms with Gasteiger partial charge in [0.15, 0.2) is 0 Å². The predicted molar refractivity (Wildman–Crippen MR) is 213 cm³/mol. The first kappa shape index (κ1) is 30.8. The van der Waals surface area contributed by atoms with Crippen LogP contribution in [0.4, 0.5) is 0 Å². The van der Waals surface area contributed by atoms with Gasteiger partial charge in [-0.2, -0.15) is 0 Å². The first-order valence-electron chi connectivity index (χ1n) is 18.9. The smallest absolute Gasteiger partial charge is 0.144 e. The molecule has 0 saturated carbocycles. The molecule has 6 aromatic rings. The summed E-state index contributed by atoms with van der Waals surface area (Å²) in [6.45, 7) is 4.76. The Kier molecular flexibility index (Phi) is 6.72. The Morgan fingerprint density at radius 2 is 1.49 bits per heavy atom. The zero-order chi connectivity index (χ0) is 35.3. The fraction of sp³-hybridized carbons (Fsp3) is 0.184. The number of fused-ring (bicyclic) bond motifs is 8. The van der Waals surface area contributed by atoms with E-state index in [1.807, 2.05) is 6.07 Å². The van der Waals surface area contributed by atoms with Gasteiger partial charge >= 0.3 is 0 Å². The number of rotatable bonds is 4. The molecule has 53 heavy (non-hydrogen) atoms. The SMILES string of the molecule is CC1(C)C2=CC3Oc4ccccc4C3C=C2C2=C1C=CC(c1cccc(C3C=C(c4cccc5c4oc4ccccc45)NC(c4ccccc4)N3)c1)C2. The van der Waals surface area contributed by atoms with Crippen LogP contribution in [0, 0.1) is 5.41 Å². The van der Waals surface area contributed by atoms with Crippen LogP contribution in [0.5, 0.6) is 5.75 Å². The molecule has 5 unspecified atom stereocenters. The quantitative estimate of drug-likeness (QED) is 0.194. The van der Waals surface area contributed by atoms with Crippen LogP contribution in [-0.4, -0.2) is 6.10 Å².